The van der Waals surface area contributed by atoms with Crippen molar-refractivity contribution >= 4 is 23.2 Å². The van der Waals surface area contributed by atoms with Gasteiger partial charge in [-0.15, -0.1) is 0 Å². The maximum absolute atomic E-state index is 6.17. The monoisotopic (exact) mass is 293 g/mol. The second-order valence-electron chi connectivity index (χ2n) is 4.66. The van der Waals surface area contributed by atoms with Crippen molar-refractivity contribution in [2.75, 3.05) is 0 Å². The van der Waals surface area contributed by atoms with Crippen LogP contribution in [-0.2, 0) is 6.54 Å². The Bertz CT molecular complexity index is 546. The standard InChI is InChI=1S/C16H17Cl2N/c1-11-6-3-4-7-13(11)12(2)19-10-14-15(17)8-5-9-16(14)18/h3-9,12,19H,10H2,1-2H3/t12-/m1/s1. The van der Waals surface area contributed by atoms with Gasteiger partial charge in [-0.05, 0) is 37.1 Å². The molecule has 0 aromatic heterocycles. The van der Waals surface area contributed by atoms with Crippen molar-refractivity contribution in [1.82, 2.24) is 5.32 Å². The maximum Gasteiger partial charge on any atom is 0.0465 e. The Kier molecular flexibility index (Phi) is 4.87. The van der Waals surface area contributed by atoms with E-state index in [1.807, 2.05) is 18.2 Å². The van der Waals surface area contributed by atoms with Gasteiger partial charge in [0.15, 0.2) is 0 Å². The molecule has 0 aliphatic rings. The first-order chi connectivity index (χ1) is 9.09. The van der Waals surface area contributed by atoms with Crippen LogP contribution < -0.4 is 5.32 Å². The van der Waals surface area contributed by atoms with E-state index in [0.29, 0.717) is 16.6 Å². The van der Waals surface area contributed by atoms with E-state index in [2.05, 4.69) is 43.4 Å². The lowest BCUT2D eigenvalue weighted by molar-refractivity contribution is 0.572. The normalized spacial score (nSPS) is 12.4. The van der Waals surface area contributed by atoms with Gasteiger partial charge in [-0.1, -0.05) is 53.5 Å². The van der Waals surface area contributed by atoms with Crippen LogP contribution >= 0.6 is 23.2 Å². The Labute approximate surface area is 124 Å². The SMILES string of the molecule is Cc1ccccc1[C@@H](C)NCc1c(Cl)cccc1Cl. The van der Waals surface area contributed by atoms with Gasteiger partial charge >= 0.3 is 0 Å². The first-order valence-electron chi connectivity index (χ1n) is 6.31. The molecule has 0 radical (unpaired) electrons. The summed E-state index contributed by atoms with van der Waals surface area (Å²) in [5.74, 6) is 0. The molecule has 0 heterocycles. The van der Waals surface area contributed by atoms with E-state index in [9.17, 15) is 0 Å². The summed E-state index contributed by atoms with van der Waals surface area (Å²) in [6.45, 7) is 4.93. The molecule has 1 nitrogen and oxygen atoms in total. The molecule has 1 atom stereocenters. The highest BCUT2D eigenvalue weighted by molar-refractivity contribution is 6.35. The van der Waals surface area contributed by atoms with Crippen molar-refractivity contribution in [3.8, 4) is 0 Å². The fourth-order valence-electron chi connectivity index (χ4n) is 2.14. The molecule has 3 heteroatoms. The zero-order valence-corrected chi connectivity index (χ0v) is 12.6. The van der Waals surface area contributed by atoms with Crippen LogP contribution in [0.5, 0.6) is 0 Å². The second-order valence-corrected chi connectivity index (χ2v) is 5.47. The van der Waals surface area contributed by atoms with Gasteiger partial charge in [-0.3, -0.25) is 0 Å². The van der Waals surface area contributed by atoms with Crippen molar-refractivity contribution in [1.29, 1.82) is 0 Å². The molecular weight excluding hydrogens is 277 g/mol. The average Bonchev–Trinajstić information content (AvgIpc) is 2.38. The molecule has 2 aromatic carbocycles. The van der Waals surface area contributed by atoms with Crippen molar-refractivity contribution in [2.24, 2.45) is 0 Å². The van der Waals surface area contributed by atoms with E-state index in [1.54, 1.807) is 0 Å². The number of rotatable bonds is 4. The van der Waals surface area contributed by atoms with Gasteiger partial charge in [-0.2, -0.15) is 0 Å². The second kappa shape index (κ2) is 6.42. The highest BCUT2D eigenvalue weighted by atomic mass is 35.5. The summed E-state index contributed by atoms with van der Waals surface area (Å²) in [6, 6.07) is 14.2. The van der Waals surface area contributed by atoms with Crippen LogP contribution in [0.3, 0.4) is 0 Å². The van der Waals surface area contributed by atoms with E-state index in [1.165, 1.54) is 11.1 Å². The van der Waals surface area contributed by atoms with Crippen LogP contribution in [0, 0.1) is 6.92 Å². The highest BCUT2D eigenvalue weighted by Gasteiger charge is 2.10. The van der Waals surface area contributed by atoms with Crippen LogP contribution in [-0.4, -0.2) is 0 Å². The lowest BCUT2D eigenvalue weighted by Gasteiger charge is -2.17. The van der Waals surface area contributed by atoms with Crippen molar-refractivity contribution in [3.05, 3.63) is 69.2 Å². The van der Waals surface area contributed by atoms with Gasteiger partial charge in [0.05, 0.1) is 0 Å². The molecule has 100 valence electrons. The van der Waals surface area contributed by atoms with Crippen molar-refractivity contribution in [2.45, 2.75) is 26.4 Å². The first kappa shape index (κ1) is 14.4. The number of hydrogen-bond acceptors (Lipinski definition) is 1. The molecular formula is C16H17Cl2N. The summed E-state index contributed by atoms with van der Waals surface area (Å²) in [5.41, 5.74) is 3.53. The molecule has 0 saturated heterocycles. The summed E-state index contributed by atoms with van der Waals surface area (Å²) < 4.78 is 0. The third-order valence-corrected chi connectivity index (χ3v) is 4.01. The van der Waals surface area contributed by atoms with Gasteiger partial charge < -0.3 is 5.32 Å². The quantitative estimate of drug-likeness (QED) is 0.822. The predicted molar refractivity (Wildman–Crippen MR) is 82.9 cm³/mol. The van der Waals surface area contributed by atoms with Crippen LogP contribution in [0.2, 0.25) is 10.0 Å². The van der Waals surface area contributed by atoms with Gasteiger partial charge in [0.1, 0.15) is 0 Å². The molecule has 0 aliphatic carbocycles. The van der Waals surface area contributed by atoms with E-state index in [0.717, 1.165) is 5.56 Å². The third kappa shape index (κ3) is 3.50. The molecule has 0 saturated carbocycles. The summed E-state index contributed by atoms with van der Waals surface area (Å²) in [7, 11) is 0. The van der Waals surface area contributed by atoms with E-state index >= 15 is 0 Å². The van der Waals surface area contributed by atoms with Gasteiger partial charge in [-0.25, -0.2) is 0 Å². The molecule has 0 aliphatic heterocycles. The largest absolute Gasteiger partial charge is 0.306 e. The van der Waals surface area contributed by atoms with Crippen LogP contribution in [0.15, 0.2) is 42.5 Å². The Balaban J connectivity index is 2.09. The van der Waals surface area contributed by atoms with Crippen LogP contribution in [0.1, 0.15) is 29.7 Å². The van der Waals surface area contributed by atoms with Crippen molar-refractivity contribution in [3.63, 3.8) is 0 Å². The molecule has 0 bridgehead atoms. The Morgan fingerprint density at radius 3 is 2.26 bits per heavy atom. The maximum atomic E-state index is 6.17. The highest BCUT2D eigenvalue weighted by Crippen LogP contribution is 2.25. The molecule has 0 fully saturated rings. The summed E-state index contributed by atoms with van der Waals surface area (Å²) >= 11 is 12.3. The zero-order chi connectivity index (χ0) is 13.8. The Morgan fingerprint density at radius 1 is 1.00 bits per heavy atom. The fourth-order valence-corrected chi connectivity index (χ4v) is 2.67. The van der Waals surface area contributed by atoms with Gasteiger partial charge in [0.25, 0.3) is 0 Å². The average molecular weight is 294 g/mol. The molecule has 19 heavy (non-hydrogen) atoms. The number of halogens is 2. The topological polar surface area (TPSA) is 12.0 Å². The van der Waals surface area contributed by atoms with E-state index in [-0.39, 0.29) is 6.04 Å². The smallest absolute Gasteiger partial charge is 0.0465 e. The minimum atomic E-state index is 0.258. The summed E-state index contributed by atoms with van der Waals surface area (Å²) in [5, 5.41) is 4.88. The minimum absolute atomic E-state index is 0.258. The van der Waals surface area contributed by atoms with Crippen molar-refractivity contribution < 1.29 is 0 Å². The molecule has 2 rings (SSSR count). The third-order valence-electron chi connectivity index (χ3n) is 3.30. The molecule has 0 amide bonds. The minimum Gasteiger partial charge on any atom is -0.306 e. The van der Waals surface area contributed by atoms with Crippen LogP contribution in [0.4, 0.5) is 0 Å². The Hall–Kier alpha value is -1.02. The number of hydrogen-bond donors (Lipinski definition) is 1. The van der Waals surface area contributed by atoms with Crippen LogP contribution in [0.25, 0.3) is 0 Å². The van der Waals surface area contributed by atoms with Gasteiger partial charge in [0.2, 0.25) is 0 Å². The van der Waals surface area contributed by atoms with Gasteiger partial charge in [0, 0.05) is 28.2 Å². The first-order valence-corrected chi connectivity index (χ1v) is 7.07. The molecule has 1 N–H and O–H groups in total. The summed E-state index contributed by atoms with van der Waals surface area (Å²) in [4.78, 5) is 0. The van der Waals surface area contributed by atoms with E-state index < -0.39 is 0 Å². The molecule has 0 unspecified atom stereocenters. The number of nitrogens with one attached hydrogen (secondary N) is 1. The zero-order valence-electron chi connectivity index (χ0n) is 11.1. The van der Waals surface area contributed by atoms with E-state index in [4.69, 9.17) is 23.2 Å². The molecule has 2 aromatic rings. The number of benzene rings is 2. The predicted octanol–water partition coefficient (Wildman–Crippen LogP) is 5.15. The fraction of sp³-hybridized carbons (Fsp3) is 0.250. The Morgan fingerprint density at radius 2 is 1.63 bits per heavy atom. The molecule has 0 spiro atoms. The lowest BCUT2D eigenvalue weighted by atomic mass is 10.0. The lowest BCUT2D eigenvalue weighted by Crippen LogP contribution is -2.19. The summed E-state index contributed by atoms with van der Waals surface area (Å²) in [6.07, 6.45) is 0. The number of aryl methyl sites for hydroxylation is 1.